The fourth-order valence-electron chi connectivity index (χ4n) is 8.20. The Hall–Kier alpha value is -1.92. The molecule has 0 spiro atoms. The highest BCUT2D eigenvalue weighted by Gasteiger charge is 2.18. The van der Waals surface area contributed by atoms with Crippen LogP contribution in [0.5, 0.6) is 0 Å². The van der Waals surface area contributed by atoms with Crippen LogP contribution >= 0.6 is 0 Å². The normalized spacial score (nSPS) is 12.9. The van der Waals surface area contributed by atoms with E-state index in [4.69, 9.17) is 4.74 Å². The lowest BCUT2D eigenvalue weighted by Gasteiger charge is -2.20. The van der Waals surface area contributed by atoms with E-state index in [1.54, 1.807) is 6.08 Å². The number of carbonyl (C=O) groups excluding carboxylic acids is 2. The van der Waals surface area contributed by atoms with E-state index in [1.165, 1.54) is 205 Å². The zero-order chi connectivity index (χ0) is 45.1. The summed E-state index contributed by atoms with van der Waals surface area (Å²) in [5, 5.41) is 23.1. The van der Waals surface area contributed by atoms with Crippen LogP contribution in [0.25, 0.3) is 0 Å². The average molecular weight is 872 g/mol. The lowest BCUT2D eigenvalue weighted by molar-refractivity contribution is -0.143. The van der Waals surface area contributed by atoms with Crippen molar-refractivity contribution in [1.82, 2.24) is 5.32 Å². The van der Waals surface area contributed by atoms with Gasteiger partial charge in [-0.1, -0.05) is 249 Å². The van der Waals surface area contributed by atoms with Gasteiger partial charge in [-0.05, 0) is 57.8 Å². The van der Waals surface area contributed by atoms with Gasteiger partial charge in [0.1, 0.15) is 0 Å². The summed E-state index contributed by atoms with van der Waals surface area (Å²) in [6.45, 7) is 4.82. The van der Waals surface area contributed by atoms with Gasteiger partial charge < -0.3 is 20.3 Å². The smallest absolute Gasteiger partial charge is 0.305 e. The van der Waals surface area contributed by atoms with Gasteiger partial charge in [0.05, 0.1) is 25.4 Å². The Kier molecular flexibility index (Phi) is 50.1. The third-order valence-electron chi connectivity index (χ3n) is 12.4. The number of nitrogens with one attached hydrogen (secondary N) is 1. The maximum absolute atomic E-state index is 12.4. The van der Waals surface area contributed by atoms with Gasteiger partial charge >= 0.3 is 5.97 Å². The molecule has 364 valence electrons. The second-order valence-electron chi connectivity index (χ2n) is 18.6. The highest BCUT2D eigenvalue weighted by Crippen LogP contribution is 2.16. The molecule has 2 unspecified atom stereocenters. The van der Waals surface area contributed by atoms with Crippen molar-refractivity contribution in [3.63, 3.8) is 0 Å². The Morgan fingerprint density at radius 3 is 1.29 bits per heavy atom. The first-order valence-corrected chi connectivity index (χ1v) is 27.3. The second kappa shape index (κ2) is 51.7. The minimum atomic E-state index is -0.848. The molecule has 0 heterocycles. The highest BCUT2D eigenvalue weighted by atomic mass is 16.5. The van der Waals surface area contributed by atoms with Gasteiger partial charge in [-0.25, -0.2) is 0 Å². The number of aliphatic hydroxyl groups excluding tert-OH is 2. The van der Waals surface area contributed by atoms with E-state index < -0.39 is 12.1 Å². The van der Waals surface area contributed by atoms with Crippen molar-refractivity contribution < 1.29 is 24.5 Å². The van der Waals surface area contributed by atoms with E-state index in [0.29, 0.717) is 19.4 Å². The number of ether oxygens (including phenoxy) is 1. The number of hydrogen-bond acceptors (Lipinski definition) is 5. The molecule has 0 aromatic carbocycles. The molecule has 0 rings (SSSR count). The van der Waals surface area contributed by atoms with E-state index in [9.17, 15) is 19.8 Å². The first kappa shape index (κ1) is 60.1. The van der Waals surface area contributed by atoms with E-state index in [0.717, 1.165) is 51.4 Å². The summed E-state index contributed by atoms with van der Waals surface area (Å²) >= 11 is 0. The summed E-state index contributed by atoms with van der Waals surface area (Å²) in [5.41, 5.74) is 0. The van der Waals surface area contributed by atoms with Gasteiger partial charge in [0, 0.05) is 12.8 Å². The molecule has 0 aromatic heterocycles. The van der Waals surface area contributed by atoms with Crippen LogP contribution in [0.15, 0.2) is 36.5 Å². The molecule has 0 aliphatic carbocycles. The molecular formula is C56H105NO5. The van der Waals surface area contributed by atoms with Crippen molar-refractivity contribution in [2.75, 3.05) is 13.2 Å². The second-order valence-corrected chi connectivity index (χ2v) is 18.6. The number of rotatable bonds is 50. The van der Waals surface area contributed by atoms with Gasteiger partial charge in [-0.15, -0.1) is 0 Å². The van der Waals surface area contributed by atoms with Crippen LogP contribution in [0.2, 0.25) is 0 Å². The molecular weight excluding hydrogens is 767 g/mol. The van der Waals surface area contributed by atoms with Crippen LogP contribution in [0.3, 0.4) is 0 Å². The highest BCUT2D eigenvalue weighted by molar-refractivity contribution is 5.76. The van der Waals surface area contributed by atoms with E-state index in [1.807, 2.05) is 6.08 Å². The maximum atomic E-state index is 12.4. The van der Waals surface area contributed by atoms with Crippen molar-refractivity contribution in [3.8, 4) is 0 Å². The summed E-state index contributed by atoms with van der Waals surface area (Å²) in [6.07, 6.45) is 62.9. The molecule has 0 aliphatic heterocycles. The Morgan fingerprint density at radius 2 is 0.839 bits per heavy atom. The molecule has 0 radical (unpaired) electrons. The zero-order valence-electron chi connectivity index (χ0n) is 41.4. The van der Waals surface area contributed by atoms with E-state index in [2.05, 4.69) is 43.5 Å². The van der Waals surface area contributed by atoms with E-state index in [-0.39, 0.29) is 18.5 Å². The summed E-state index contributed by atoms with van der Waals surface area (Å²) in [7, 11) is 0. The molecule has 0 fully saturated rings. The SMILES string of the molecule is CCC/C=C\C/C=C\CCCCCCCC(=O)OCCCCCCCCCCCCCCCCCCCC(=O)NC(CO)C(O)/C=C/CCCCCCCCCCCCCCC. The molecule has 0 aliphatic rings. The zero-order valence-corrected chi connectivity index (χ0v) is 41.4. The first-order chi connectivity index (χ1) is 30.5. The number of hydrogen-bond donors (Lipinski definition) is 3. The Morgan fingerprint density at radius 1 is 0.452 bits per heavy atom. The molecule has 0 aromatic rings. The molecule has 6 heteroatoms. The van der Waals surface area contributed by atoms with Crippen LogP contribution < -0.4 is 5.32 Å². The van der Waals surface area contributed by atoms with Crippen molar-refractivity contribution >= 4 is 11.9 Å². The maximum Gasteiger partial charge on any atom is 0.305 e. The fraction of sp³-hybridized carbons (Fsp3) is 0.857. The summed E-state index contributed by atoms with van der Waals surface area (Å²) in [5.74, 6) is -0.0848. The number of unbranched alkanes of at least 4 members (excludes halogenated alkanes) is 35. The van der Waals surface area contributed by atoms with Crippen molar-refractivity contribution in [2.45, 2.75) is 296 Å². The standard InChI is InChI=1S/C56H105NO5/c1-3-5-7-9-11-13-15-17-21-25-28-32-36-40-44-48-54(59)53(52-58)57-55(60)49-45-41-37-33-29-26-22-19-18-20-23-27-31-35-39-43-47-51-62-56(61)50-46-42-38-34-30-24-16-14-12-10-8-6-4-2/h8,10,14,16,44,48,53-54,58-59H,3-7,9,11-13,15,17-43,45-47,49-52H2,1-2H3,(H,57,60)/b10-8-,16-14-,48-44+. The summed E-state index contributed by atoms with van der Waals surface area (Å²) in [4.78, 5) is 24.4. The monoisotopic (exact) mass is 872 g/mol. The molecule has 3 N–H and O–H groups in total. The lowest BCUT2D eigenvalue weighted by atomic mass is 10.0. The summed E-state index contributed by atoms with van der Waals surface area (Å²) in [6, 6.07) is -0.632. The number of aliphatic hydroxyl groups is 2. The predicted molar refractivity (Wildman–Crippen MR) is 269 cm³/mol. The van der Waals surface area contributed by atoms with E-state index >= 15 is 0 Å². The van der Waals surface area contributed by atoms with Crippen LogP contribution in [-0.2, 0) is 14.3 Å². The quantitative estimate of drug-likeness (QED) is 0.0321. The Bertz CT molecular complexity index is 1010. The van der Waals surface area contributed by atoms with Crippen LogP contribution in [-0.4, -0.2) is 47.4 Å². The summed E-state index contributed by atoms with van der Waals surface area (Å²) < 4.78 is 5.45. The number of esters is 1. The Balaban J connectivity index is 3.46. The van der Waals surface area contributed by atoms with Crippen molar-refractivity contribution in [3.05, 3.63) is 36.5 Å². The minimum Gasteiger partial charge on any atom is -0.466 e. The number of carbonyl (C=O) groups is 2. The Labute approximate surface area is 385 Å². The number of amides is 1. The molecule has 0 bridgehead atoms. The van der Waals surface area contributed by atoms with Crippen LogP contribution in [0.1, 0.15) is 284 Å². The molecule has 0 saturated heterocycles. The van der Waals surface area contributed by atoms with Crippen molar-refractivity contribution in [1.29, 1.82) is 0 Å². The fourth-order valence-corrected chi connectivity index (χ4v) is 8.20. The third kappa shape index (κ3) is 47.6. The molecule has 2 atom stereocenters. The van der Waals surface area contributed by atoms with Crippen LogP contribution in [0, 0.1) is 0 Å². The van der Waals surface area contributed by atoms with Gasteiger partial charge in [-0.2, -0.15) is 0 Å². The molecule has 0 saturated carbocycles. The van der Waals surface area contributed by atoms with Crippen molar-refractivity contribution in [2.24, 2.45) is 0 Å². The minimum absolute atomic E-state index is 0.0113. The molecule has 6 nitrogen and oxygen atoms in total. The topological polar surface area (TPSA) is 95.9 Å². The largest absolute Gasteiger partial charge is 0.466 e. The molecule has 62 heavy (non-hydrogen) atoms. The van der Waals surface area contributed by atoms with Crippen LogP contribution in [0.4, 0.5) is 0 Å². The average Bonchev–Trinajstić information content (AvgIpc) is 3.27. The third-order valence-corrected chi connectivity index (χ3v) is 12.4. The number of allylic oxidation sites excluding steroid dienone is 5. The first-order valence-electron chi connectivity index (χ1n) is 27.3. The van der Waals surface area contributed by atoms with Gasteiger partial charge in [0.15, 0.2) is 0 Å². The van der Waals surface area contributed by atoms with Gasteiger partial charge in [0.2, 0.25) is 5.91 Å². The molecule has 1 amide bonds. The van der Waals surface area contributed by atoms with Gasteiger partial charge in [-0.3, -0.25) is 9.59 Å². The van der Waals surface area contributed by atoms with Gasteiger partial charge in [0.25, 0.3) is 0 Å². The predicted octanol–water partition coefficient (Wildman–Crippen LogP) is 16.5. The lowest BCUT2D eigenvalue weighted by Crippen LogP contribution is -2.45.